The number of amides is 1. The molecule has 25 heavy (non-hydrogen) atoms. The standard InChI is InChI=1S/C15H14BrN7OS/c16-10-3-1-9(2-4-10)13-20-22-15(23(13)11-5-6-11)25-7-12(24)19-14-17-8-18-21-14/h1-4,8,11H,5-7H2,(H2,17,18,19,21,24). The maximum atomic E-state index is 12.0. The molecule has 4 rings (SSSR count). The van der Waals surface area contributed by atoms with Crippen LogP contribution in [0, 0.1) is 0 Å². The second-order valence-corrected chi connectivity index (χ2v) is 7.44. The Labute approximate surface area is 156 Å². The Kier molecular flexibility index (Phi) is 4.53. The number of nitrogens with one attached hydrogen (secondary N) is 2. The summed E-state index contributed by atoms with van der Waals surface area (Å²) in [5.74, 6) is 1.24. The van der Waals surface area contributed by atoms with Crippen LogP contribution in [-0.2, 0) is 4.79 Å². The van der Waals surface area contributed by atoms with E-state index >= 15 is 0 Å². The zero-order valence-electron chi connectivity index (χ0n) is 13.0. The minimum absolute atomic E-state index is 0.169. The molecule has 3 aromatic rings. The highest BCUT2D eigenvalue weighted by molar-refractivity contribution is 9.10. The molecule has 0 saturated heterocycles. The molecule has 128 valence electrons. The van der Waals surface area contributed by atoms with Crippen molar-refractivity contribution in [3.63, 3.8) is 0 Å². The molecule has 2 aromatic heterocycles. The van der Waals surface area contributed by atoms with Crippen molar-refractivity contribution in [2.75, 3.05) is 11.1 Å². The first-order valence-corrected chi connectivity index (χ1v) is 9.47. The highest BCUT2D eigenvalue weighted by atomic mass is 79.9. The van der Waals surface area contributed by atoms with Crippen LogP contribution in [0.1, 0.15) is 18.9 Å². The number of H-pyrrole nitrogens is 1. The van der Waals surface area contributed by atoms with Crippen LogP contribution in [0.25, 0.3) is 11.4 Å². The summed E-state index contributed by atoms with van der Waals surface area (Å²) in [6.45, 7) is 0. The molecule has 8 nitrogen and oxygen atoms in total. The van der Waals surface area contributed by atoms with Crippen molar-refractivity contribution in [3.05, 3.63) is 35.1 Å². The van der Waals surface area contributed by atoms with Gasteiger partial charge in [-0.05, 0) is 25.0 Å². The average molecular weight is 420 g/mol. The molecule has 1 aliphatic carbocycles. The molecular formula is C15H14BrN7OS. The van der Waals surface area contributed by atoms with Gasteiger partial charge < -0.3 is 0 Å². The van der Waals surface area contributed by atoms with Crippen LogP contribution in [0.5, 0.6) is 0 Å². The molecule has 0 bridgehead atoms. The number of nitrogens with zero attached hydrogens (tertiary/aromatic N) is 5. The number of thioether (sulfide) groups is 1. The summed E-state index contributed by atoms with van der Waals surface area (Å²) in [4.78, 5) is 15.9. The molecule has 0 aliphatic heterocycles. The Morgan fingerprint density at radius 1 is 1.32 bits per heavy atom. The molecule has 1 saturated carbocycles. The predicted octanol–water partition coefficient (Wildman–Crippen LogP) is 2.89. The van der Waals surface area contributed by atoms with E-state index in [1.165, 1.54) is 18.1 Å². The average Bonchev–Trinajstić information content (AvgIpc) is 3.15. The van der Waals surface area contributed by atoms with Crippen molar-refractivity contribution in [1.82, 2.24) is 29.9 Å². The zero-order valence-corrected chi connectivity index (χ0v) is 15.4. The molecule has 1 aromatic carbocycles. The van der Waals surface area contributed by atoms with Gasteiger partial charge in [0.25, 0.3) is 0 Å². The number of rotatable bonds is 6. The van der Waals surface area contributed by atoms with Crippen LogP contribution in [0.4, 0.5) is 5.95 Å². The summed E-state index contributed by atoms with van der Waals surface area (Å²) >= 11 is 4.81. The van der Waals surface area contributed by atoms with E-state index in [0.717, 1.165) is 33.9 Å². The normalized spacial score (nSPS) is 13.8. The number of aromatic amines is 1. The van der Waals surface area contributed by atoms with E-state index in [0.29, 0.717) is 12.0 Å². The van der Waals surface area contributed by atoms with Gasteiger partial charge >= 0.3 is 0 Å². The molecule has 1 fully saturated rings. The van der Waals surface area contributed by atoms with Gasteiger partial charge in [0.1, 0.15) is 6.33 Å². The summed E-state index contributed by atoms with van der Waals surface area (Å²) < 4.78 is 3.16. The van der Waals surface area contributed by atoms with Crippen molar-refractivity contribution in [1.29, 1.82) is 0 Å². The number of hydrogen-bond donors (Lipinski definition) is 2. The third-order valence-corrected chi connectivity index (χ3v) is 5.16. The number of benzene rings is 1. The molecule has 2 N–H and O–H groups in total. The number of halogens is 1. The Hall–Kier alpha value is -2.20. The molecular weight excluding hydrogens is 406 g/mol. The van der Waals surface area contributed by atoms with Crippen molar-refractivity contribution in [3.8, 4) is 11.4 Å². The predicted molar refractivity (Wildman–Crippen MR) is 97.2 cm³/mol. The van der Waals surface area contributed by atoms with Crippen LogP contribution in [0.15, 0.2) is 40.2 Å². The van der Waals surface area contributed by atoms with Gasteiger partial charge in [-0.1, -0.05) is 39.8 Å². The molecule has 0 spiro atoms. The van der Waals surface area contributed by atoms with E-state index in [-0.39, 0.29) is 11.7 Å². The lowest BCUT2D eigenvalue weighted by molar-refractivity contribution is -0.113. The fourth-order valence-electron chi connectivity index (χ4n) is 2.40. The molecule has 2 heterocycles. The molecule has 1 amide bonds. The van der Waals surface area contributed by atoms with Crippen molar-refractivity contribution in [2.24, 2.45) is 0 Å². The first kappa shape index (κ1) is 16.3. The Balaban J connectivity index is 1.50. The largest absolute Gasteiger partial charge is 0.299 e. The summed E-state index contributed by atoms with van der Waals surface area (Å²) in [5.41, 5.74) is 1.01. The van der Waals surface area contributed by atoms with Crippen LogP contribution >= 0.6 is 27.7 Å². The number of aromatic nitrogens is 6. The molecule has 0 atom stereocenters. The van der Waals surface area contributed by atoms with E-state index in [4.69, 9.17) is 0 Å². The maximum absolute atomic E-state index is 12.0. The van der Waals surface area contributed by atoms with E-state index in [9.17, 15) is 4.79 Å². The highest BCUT2D eigenvalue weighted by Gasteiger charge is 2.30. The zero-order chi connectivity index (χ0) is 17.2. The molecule has 1 aliphatic rings. The Bertz CT molecular complexity index is 874. The summed E-state index contributed by atoms with van der Waals surface area (Å²) in [6, 6.07) is 8.40. The van der Waals surface area contributed by atoms with Gasteiger partial charge in [0.2, 0.25) is 11.9 Å². The van der Waals surface area contributed by atoms with Crippen molar-refractivity contribution < 1.29 is 4.79 Å². The van der Waals surface area contributed by atoms with Crippen molar-refractivity contribution in [2.45, 2.75) is 24.0 Å². The maximum Gasteiger partial charge on any atom is 0.237 e. The number of anilines is 1. The molecule has 0 unspecified atom stereocenters. The van der Waals surface area contributed by atoms with E-state index in [1.54, 1.807) is 0 Å². The number of hydrogen-bond acceptors (Lipinski definition) is 6. The van der Waals surface area contributed by atoms with E-state index in [2.05, 4.69) is 51.2 Å². The van der Waals surface area contributed by atoms with E-state index < -0.39 is 0 Å². The first-order valence-electron chi connectivity index (χ1n) is 7.69. The summed E-state index contributed by atoms with van der Waals surface area (Å²) in [6.07, 6.45) is 3.57. The van der Waals surface area contributed by atoms with Gasteiger partial charge in [-0.15, -0.1) is 10.2 Å². The third kappa shape index (κ3) is 3.74. The summed E-state index contributed by atoms with van der Waals surface area (Å²) in [5, 5.41) is 18.3. The lowest BCUT2D eigenvalue weighted by Crippen LogP contribution is -2.15. The van der Waals surface area contributed by atoms with E-state index in [1.807, 2.05) is 24.3 Å². The molecule has 0 radical (unpaired) electrons. The van der Waals surface area contributed by atoms with Gasteiger partial charge in [-0.3, -0.25) is 14.7 Å². The third-order valence-electron chi connectivity index (χ3n) is 3.68. The second kappa shape index (κ2) is 6.96. The van der Waals surface area contributed by atoms with Gasteiger partial charge in [-0.25, -0.2) is 5.10 Å². The van der Waals surface area contributed by atoms with Crippen LogP contribution < -0.4 is 5.32 Å². The summed E-state index contributed by atoms with van der Waals surface area (Å²) in [7, 11) is 0. The highest BCUT2D eigenvalue weighted by Crippen LogP contribution is 2.41. The topological polar surface area (TPSA) is 101 Å². The lowest BCUT2D eigenvalue weighted by atomic mass is 10.2. The van der Waals surface area contributed by atoms with Crippen LogP contribution in [0.2, 0.25) is 0 Å². The fraction of sp³-hybridized carbons (Fsp3) is 0.267. The number of carbonyl (C=O) groups excluding carboxylic acids is 1. The Morgan fingerprint density at radius 3 is 2.80 bits per heavy atom. The van der Waals surface area contributed by atoms with Crippen molar-refractivity contribution >= 4 is 39.5 Å². The Morgan fingerprint density at radius 2 is 2.12 bits per heavy atom. The van der Waals surface area contributed by atoms with Crippen LogP contribution in [-0.4, -0.2) is 41.6 Å². The molecule has 10 heteroatoms. The quantitative estimate of drug-likeness (QED) is 0.595. The van der Waals surface area contributed by atoms with Gasteiger partial charge in [-0.2, -0.15) is 10.1 Å². The van der Waals surface area contributed by atoms with Gasteiger partial charge in [0.15, 0.2) is 11.0 Å². The monoisotopic (exact) mass is 419 g/mol. The minimum Gasteiger partial charge on any atom is -0.299 e. The van der Waals surface area contributed by atoms with Crippen LogP contribution in [0.3, 0.4) is 0 Å². The smallest absolute Gasteiger partial charge is 0.237 e. The first-order chi connectivity index (χ1) is 12.2. The fourth-order valence-corrected chi connectivity index (χ4v) is 3.47. The van der Waals surface area contributed by atoms with Gasteiger partial charge in [0, 0.05) is 16.1 Å². The minimum atomic E-state index is -0.169. The lowest BCUT2D eigenvalue weighted by Gasteiger charge is -2.08. The van der Waals surface area contributed by atoms with Gasteiger partial charge in [0.05, 0.1) is 5.75 Å². The number of carbonyl (C=O) groups is 1. The SMILES string of the molecule is O=C(CSc1nnc(-c2ccc(Br)cc2)n1C1CC1)Nc1ncn[nH]1. The second-order valence-electron chi connectivity index (χ2n) is 5.59.